The van der Waals surface area contributed by atoms with Crippen LogP contribution in [0.4, 0.5) is 0 Å². The van der Waals surface area contributed by atoms with Crippen molar-refractivity contribution >= 4 is 27.8 Å². The molecule has 0 saturated heterocycles. The largest absolute Gasteiger partial charge is 0.497 e. The molecule has 1 aromatic rings. The molecule has 0 spiro atoms. The van der Waals surface area contributed by atoms with Gasteiger partial charge in [-0.1, -0.05) is 15.9 Å². The molecule has 18 heavy (non-hydrogen) atoms. The molecule has 0 aliphatic rings. The summed E-state index contributed by atoms with van der Waals surface area (Å²) in [4.78, 5) is 22.3. The van der Waals surface area contributed by atoms with E-state index in [1.165, 1.54) is 6.92 Å². The van der Waals surface area contributed by atoms with Gasteiger partial charge in [-0.15, -0.1) is 0 Å². The SMILES string of the molecule is COc1ccc(Br)c(CC(=O)N[C@H](C)C(=O)O)c1. The minimum atomic E-state index is -1.06. The molecule has 2 N–H and O–H groups in total. The first-order chi connectivity index (χ1) is 8.43. The van der Waals surface area contributed by atoms with Gasteiger partial charge in [0.1, 0.15) is 11.8 Å². The van der Waals surface area contributed by atoms with Gasteiger partial charge in [-0.2, -0.15) is 0 Å². The highest BCUT2D eigenvalue weighted by Gasteiger charge is 2.15. The summed E-state index contributed by atoms with van der Waals surface area (Å²) in [5.41, 5.74) is 0.740. The molecule has 0 bridgehead atoms. The van der Waals surface area contributed by atoms with Crippen molar-refractivity contribution in [2.75, 3.05) is 7.11 Å². The maximum absolute atomic E-state index is 11.6. The van der Waals surface area contributed by atoms with Crippen molar-refractivity contribution < 1.29 is 19.4 Å². The fraction of sp³-hybridized carbons (Fsp3) is 0.333. The summed E-state index contributed by atoms with van der Waals surface area (Å²) < 4.78 is 5.84. The van der Waals surface area contributed by atoms with Crippen molar-refractivity contribution in [3.05, 3.63) is 28.2 Å². The van der Waals surface area contributed by atoms with Crippen molar-refractivity contribution in [1.82, 2.24) is 5.32 Å². The number of carbonyl (C=O) groups excluding carboxylic acids is 1. The summed E-state index contributed by atoms with van der Waals surface area (Å²) in [6, 6.07) is 4.38. The molecule has 0 aliphatic carbocycles. The predicted molar refractivity (Wildman–Crippen MR) is 69.6 cm³/mol. The Morgan fingerprint density at radius 3 is 2.72 bits per heavy atom. The molecular weight excluding hydrogens is 302 g/mol. The van der Waals surface area contributed by atoms with Crippen molar-refractivity contribution in [1.29, 1.82) is 0 Å². The fourth-order valence-corrected chi connectivity index (χ4v) is 1.73. The van der Waals surface area contributed by atoms with Gasteiger partial charge in [0, 0.05) is 4.47 Å². The van der Waals surface area contributed by atoms with Crippen LogP contribution in [-0.2, 0) is 16.0 Å². The first kappa shape index (κ1) is 14.5. The highest BCUT2D eigenvalue weighted by Crippen LogP contribution is 2.22. The lowest BCUT2D eigenvalue weighted by molar-refractivity contribution is -0.141. The van der Waals surface area contributed by atoms with E-state index in [4.69, 9.17) is 9.84 Å². The van der Waals surface area contributed by atoms with Gasteiger partial charge in [-0.3, -0.25) is 9.59 Å². The number of carboxylic acids is 1. The highest BCUT2D eigenvalue weighted by molar-refractivity contribution is 9.10. The van der Waals surface area contributed by atoms with Crippen LogP contribution in [0.25, 0.3) is 0 Å². The highest BCUT2D eigenvalue weighted by atomic mass is 79.9. The van der Waals surface area contributed by atoms with E-state index in [0.29, 0.717) is 5.75 Å². The lowest BCUT2D eigenvalue weighted by atomic mass is 10.1. The molecule has 0 unspecified atom stereocenters. The molecule has 0 aliphatic heterocycles. The predicted octanol–water partition coefficient (Wildman–Crippen LogP) is 1.59. The van der Waals surface area contributed by atoms with Gasteiger partial charge in [-0.05, 0) is 30.7 Å². The van der Waals surface area contributed by atoms with Crippen molar-refractivity contribution in [2.24, 2.45) is 0 Å². The first-order valence-corrected chi connectivity index (χ1v) is 6.08. The van der Waals surface area contributed by atoms with Gasteiger partial charge < -0.3 is 15.2 Å². The van der Waals surface area contributed by atoms with E-state index in [1.54, 1.807) is 25.3 Å². The molecule has 0 radical (unpaired) electrons. The minimum Gasteiger partial charge on any atom is -0.497 e. The number of methoxy groups -OCH3 is 1. The lowest BCUT2D eigenvalue weighted by Crippen LogP contribution is -2.39. The van der Waals surface area contributed by atoms with Gasteiger partial charge in [0.25, 0.3) is 0 Å². The molecular formula is C12H14BrNO4. The topological polar surface area (TPSA) is 75.6 Å². The molecule has 0 aromatic heterocycles. The molecule has 1 rings (SSSR count). The number of amides is 1. The average Bonchev–Trinajstić information content (AvgIpc) is 2.31. The summed E-state index contributed by atoms with van der Waals surface area (Å²) in [5, 5.41) is 11.1. The van der Waals surface area contributed by atoms with Crippen molar-refractivity contribution in [3.63, 3.8) is 0 Å². The Balaban J connectivity index is 2.72. The number of carbonyl (C=O) groups is 2. The zero-order valence-electron chi connectivity index (χ0n) is 10.1. The number of hydrogen-bond acceptors (Lipinski definition) is 3. The van der Waals surface area contributed by atoms with Crippen LogP contribution in [0.5, 0.6) is 5.75 Å². The lowest BCUT2D eigenvalue weighted by Gasteiger charge is -2.10. The molecule has 6 heteroatoms. The molecule has 0 fully saturated rings. The Morgan fingerprint density at radius 2 is 2.17 bits per heavy atom. The van der Waals surface area contributed by atoms with Gasteiger partial charge >= 0.3 is 5.97 Å². The van der Waals surface area contributed by atoms with Crippen LogP contribution in [0.1, 0.15) is 12.5 Å². The van der Waals surface area contributed by atoms with Crippen LogP contribution < -0.4 is 10.1 Å². The van der Waals surface area contributed by atoms with E-state index >= 15 is 0 Å². The Morgan fingerprint density at radius 1 is 1.50 bits per heavy atom. The van der Waals surface area contributed by atoms with E-state index < -0.39 is 12.0 Å². The third kappa shape index (κ3) is 4.03. The second-order valence-corrected chi connectivity index (χ2v) is 4.62. The van der Waals surface area contributed by atoms with Crippen molar-refractivity contribution in [3.8, 4) is 5.75 Å². The first-order valence-electron chi connectivity index (χ1n) is 5.28. The molecule has 1 atom stereocenters. The Labute approximate surface area is 113 Å². The number of rotatable bonds is 5. The molecule has 0 heterocycles. The maximum Gasteiger partial charge on any atom is 0.325 e. The summed E-state index contributed by atoms with van der Waals surface area (Å²) in [7, 11) is 1.54. The van der Waals surface area contributed by atoms with Crippen LogP contribution in [0, 0.1) is 0 Å². The second kappa shape index (κ2) is 6.39. The number of carboxylic acid groups (broad SMARTS) is 1. The van der Waals surface area contributed by atoms with E-state index in [2.05, 4.69) is 21.2 Å². The van der Waals surface area contributed by atoms with Gasteiger partial charge in [0.2, 0.25) is 5.91 Å². The number of benzene rings is 1. The van der Waals surface area contributed by atoms with Crippen LogP contribution in [0.15, 0.2) is 22.7 Å². The third-order valence-corrected chi connectivity index (χ3v) is 3.13. The van der Waals surface area contributed by atoms with Crippen molar-refractivity contribution in [2.45, 2.75) is 19.4 Å². The van der Waals surface area contributed by atoms with E-state index in [9.17, 15) is 9.59 Å². The smallest absolute Gasteiger partial charge is 0.325 e. The van der Waals surface area contributed by atoms with E-state index in [1.807, 2.05) is 0 Å². The Kier molecular flexibility index (Phi) is 5.15. The average molecular weight is 316 g/mol. The normalized spacial score (nSPS) is 11.7. The minimum absolute atomic E-state index is 0.0927. The number of ether oxygens (including phenoxy) is 1. The summed E-state index contributed by atoms with van der Waals surface area (Å²) >= 11 is 3.33. The second-order valence-electron chi connectivity index (χ2n) is 3.76. The Bertz CT molecular complexity index is 461. The third-order valence-electron chi connectivity index (χ3n) is 2.35. The van der Waals surface area contributed by atoms with Crippen LogP contribution in [-0.4, -0.2) is 30.1 Å². The van der Waals surface area contributed by atoms with Crippen LogP contribution in [0.2, 0.25) is 0 Å². The molecule has 1 aromatic carbocycles. The number of aliphatic carboxylic acids is 1. The fourth-order valence-electron chi connectivity index (χ4n) is 1.34. The summed E-state index contributed by atoms with van der Waals surface area (Å²) in [6.45, 7) is 1.42. The van der Waals surface area contributed by atoms with Gasteiger partial charge in [-0.25, -0.2) is 0 Å². The van der Waals surface area contributed by atoms with E-state index in [0.717, 1.165) is 10.0 Å². The van der Waals surface area contributed by atoms with Crippen LogP contribution in [0.3, 0.4) is 0 Å². The summed E-state index contributed by atoms with van der Waals surface area (Å²) in [6.07, 6.45) is 0.0927. The molecule has 1 amide bonds. The quantitative estimate of drug-likeness (QED) is 0.865. The van der Waals surface area contributed by atoms with Gasteiger partial charge in [0.15, 0.2) is 0 Å². The number of halogens is 1. The Hall–Kier alpha value is -1.56. The number of hydrogen-bond donors (Lipinski definition) is 2. The molecule has 5 nitrogen and oxygen atoms in total. The standard InChI is InChI=1S/C12H14BrNO4/c1-7(12(16)17)14-11(15)6-8-5-9(18-2)3-4-10(8)13/h3-5,7H,6H2,1-2H3,(H,14,15)(H,16,17)/t7-/m1/s1. The van der Waals surface area contributed by atoms with Crippen LogP contribution >= 0.6 is 15.9 Å². The zero-order chi connectivity index (χ0) is 13.7. The monoisotopic (exact) mass is 315 g/mol. The molecule has 0 saturated carbocycles. The maximum atomic E-state index is 11.6. The van der Waals surface area contributed by atoms with Gasteiger partial charge in [0.05, 0.1) is 13.5 Å². The zero-order valence-corrected chi connectivity index (χ0v) is 11.7. The molecule has 98 valence electrons. The van der Waals surface area contributed by atoms with E-state index in [-0.39, 0.29) is 12.3 Å². The summed E-state index contributed by atoms with van der Waals surface area (Å²) in [5.74, 6) is -0.765. The number of nitrogens with one attached hydrogen (secondary N) is 1.